The third kappa shape index (κ3) is 2.76. The Morgan fingerprint density at radius 2 is 2.16 bits per heavy atom. The summed E-state index contributed by atoms with van der Waals surface area (Å²) in [6.45, 7) is 4.05. The Morgan fingerprint density at radius 3 is 2.74 bits per heavy atom. The first kappa shape index (κ1) is 12.7. The summed E-state index contributed by atoms with van der Waals surface area (Å²) in [5.41, 5.74) is -0.231. The Morgan fingerprint density at radius 1 is 1.42 bits per heavy atom. The molecule has 0 saturated carbocycles. The lowest BCUT2D eigenvalue weighted by molar-refractivity contribution is -0.383. The molecular weight excluding hydrogens is 252 g/mol. The number of nitrogens with one attached hydrogen (secondary N) is 2. The molecule has 2 aromatic heterocycles. The molecule has 100 valence electrons. The molecule has 0 radical (unpaired) electrons. The minimum Gasteiger partial charge on any atom is -0.364 e. The van der Waals surface area contributed by atoms with Gasteiger partial charge in [0.15, 0.2) is 5.82 Å². The van der Waals surface area contributed by atoms with E-state index < -0.39 is 4.92 Å². The lowest BCUT2D eigenvalue weighted by Gasteiger charge is -2.06. The summed E-state index contributed by atoms with van der Waals surface area (Å²) >= 11 is 0. The molecule has 0 spiro atoms. The molecule has 0 aliphatic heterocycles. The number of hydrogen-bond acceptors (Lipinski definition) is 8. The topological polar surface area (TPSA) is 119 Å². The molecule has 0 amide bonds. The molecule has 0 aromatic carbocycles. The highest BCUT2D eigenvalue weighted by molar-refractivity contribution is 5.72. The van der Waals surface area contributed by atoms with E-state index in [2.05, 4.69) is 25.8 Å². The molecule has 0 bridgehead atoms. The summed E-state index contributed by atoms with van der Waals surface area (Å²) < 4.78 is 4.87. The fourth-order valence-corrected chi connectivity index (χ4v) is 1.49. The second-order valence-electron chi connectivity index (χ2n) is 3.65. The first-order valence-electron chi connectivity index (χ1n) is 5.55. The minimum atomic E-state index is -0.548. The van der Waals surface area contributed by atoms with Gasteiger partial charge in [-0.15, -0.1) is 0 Å². The zero-order chi connectivity index (χ0) is 13.8. The fourth-order valence-electron chi connectivity index (χ4n) is 1.49. The van der Waals surface area contributed by atoms with Crippen molar-refractivity contribution in [2.75, 3.05) is 17.2 Å². The van der Waals surface area contributed by atoms with E-state index in [1.54, 1.807) is 13.0 Å². The third-order valence-corrected chi connectivity index (χ3v) is 2.22. The molecule has 19 heavy (non-hydrogen) atoms. The molecule has 0 aliphatic carbocycles. The van der Waals surface area contributed by atoms with Crippen LogP contribution in [0.25, 0.3) is 0 Å². The van der Waals surface area contributed by atoms with Crippen molar-refractivity contribution >= 4 is 23.1 Å². The summed E-state index contributed by atoms with van der Waals surface area (Å²) in [4.78, 5) is 18.3. The number of nitrogens with zero attached hydrogens (tertiary/aromatic N) is 4. The summed E-state index contributed by atoms with van der Waals surface area (Å²) in [5, 5.41) is 20.4. The monoisotopic (exact) mass is 264 g/mol. The van der Waals surface area contributed by atoms with Gasteiger partial charge in [0, 0.05) is 12.6 Å². The molecule has 0 saturated heterocycles. The highest BCUT2D eigenvalue weighted by Crippen LogP contribution is 2.30. The van der Waals surface area contributed by atoms with Crippen LogP contribution in [0.1, 0.15) is 12.7 Å². The molecule has 2 N–H and O–H groups in total. The average Bonchev–Trinajstić information content (AvgIpc) is 2.75. The van der Waals surface area contributed by atoms with Crippen LogP contribution in [0.15, 0.2) is 16.9 Å². The molecule has 2 rings (SSSR count). The predicted molar refractivity (Wildman–Crippen MR) is 67.4 cm³/mol. The number of nitro groups is 1. The molecular formula is C10H12N6O3. The van der Waals surface area contributed by atoms with Crippen LogP contribution in [-0.2, 0) is 0 Å². The third-order valence-electron chi connectivity index (χ3n) is 2.22. The number of rotatable bonds is 5. The highest BCUT2D eigenvalue weighted by Gasteiger charge is 2.23. The Labute approximate surface area is 108 Å². The summed E-state index contributed by atoms with van der Waals surface area (Å²) in [5.74, 6) is 1.15. The summed E-state index contributed by atoms with van der Waals surface area (Å²) in [6, 6.07) is 1.61. The van der Waals surface area contributed by atoms with Crippen LogP contribution in [-0.4, -0.2) is 26.6 Å². The van der Waals surface area contributed by atoms with E-state index in [9.17, 15) is 10.1 Å². The van der Waals surface area contributed by atoms with Gasteiger partial charge >= 0.3 is 5.69 Å². The van der Waals surface area contributed by atoms with Crippen molar-refractivity contribution < 1.29 is 9.45 Å². The summed E-state index contributed by atoms with van der Waals surface area (Å²) in [7, 11) is 0. The normalized spacial score (nSPS) is 10.2. The van der Waals surface area contributed by atoms with E-state index in [1.165, 1.54) is 6.33 Å². The minimum absolute atomic E-state index is 0.0595. The molecule has 9 heteroatoms. The largest absolute Gasteiger partial charge is 0.364 e. The van der Waals surface area contributed by atoms with Crippen molar-refractivity contribution in [2.45, 2.75) is 13.8 Å². The number of aromatic nitrogens is 3. The molecule has 0 atom stereocenters. The van der Waals surface area contributed by atoms with Crippen LogP contribution in [0.3, 0.4) is 0 Å². The van der Waals surface area contributed by atoms with Gasteiger partial charge in [0.25, 0.3) is 0 Å². The quantitative estimate of drug-likeness (QED) is 0.620. The van der Waals surface area contributed by atoms with Crippen LogP contribution < -0.4 is 10.6 Å². The predicted octanol–water partition coefficient (Wildman–Crippen LogP) is 1.86. The maximum Gasteiger partial charge on any atom is 0.353 e. The standard InChI is InChI=1S/C10H12N6O3/c1-3-11-9-8(16(17)18)10(13-5-12-9)14-7-4-6(2)19-15-7/h4-5H,3H2,1-2H3,(H2,11,12,13,14,15). The van der Waals surface area contributed by atoms with Gasteiger partial charge in [0.2, 0.25) is 11.6 Å². The summed E-state index contributed by atoms with van der Waals surface area (Å²) in [6.07, 6.45) is 1.24. The Hall–Kier alpha value is -2.71. The van der Waals surface area contributed by atoms with E-state index >= 15 is 0 Å². The molecule has 2 heterocycles. The van der Waals surface area contributed by atoms with Crippen molar-refractivity contribution in [1.82, 2.24) is 15.1 Å². The Kier molecular flexibility index (Phi) is 3.55. The van der Waals surface area contributed by atoms with E-state index in [4.69, 9.17) is 4.52 Å². The van der Waals surface area contributed by atoms with Crippen molar-refractivity contribution in [3.8, 4) is 0 Å². The average molecular weight is 264 g/mol. The highest BCUT2D eigenvalue weighted by atomic mass is 16.6. The van der Waals surface area contributed by atoms with E-state index in [-0.39, 0.29) is 17.3 Å². The Balaban J connectivity index is 2.38. The first-order chi connectivity index (χ1) is 9.11. The van der Waals surface area contributed by atoms with Crippen molar-refractivity contribution in [2.24, 2.45) is 0 Å². The SMILES string of the molecule is CCNc1ncnc(Nc2cc(C)on2)c1[N+](=O)[O-]. The van der Waals surface area contributed by atoms with Crippen LogP contribution in [0, 0.1) is 17.0 Å². The van der Waals surface area contributed by atoms with E-state index in [1.807, 2.05) is 6.92 Å². The van der Waals surface area contributed by atoms with Crippen LogP contribution in [0.2, 0.25) is 0 Å². The Bertz CT molecular complexity index is 597. The lowest BCUT2D eigenvalue weighted by atomic mass is 10.4. The molecule has 0 unspecified atom stereocenters. The van der Waals surface area contributed by atoms with Gasteiger partial charge in [-0.05, 0) is 13.8 Å². The van der Waals surface area contributed by atoms with Crippen LogP contribution in [0.4, 0.5) is 23.1 Å². The molecule has 0 fully saturated rings. The number of hydrogen-bond donors (Lipinski definition) is 2. The van der Waals surface area contributed by atoms with Gasteiger partial charge < -0.3 is 15.2 Å². The maximum atomic E-state index is 11.1. The molecule has 2 aromatic rings. The lowest BCUT2D eigenvalue weighted by Crippen LogP contribution is -2.07. The van der Waals surface area contributed by atoms with E-state index in [0.717, 1.165) is 0 Å². The van der Waals surface area contributed by atoms with Crippen LogP contribution in [0.5, 0.6) is 0 Å². The van der Waals surface area contributed by atoms with Gasteiger partial charge in [0.1, 0.15) is 12.1 Å². The number of aryl methyl sites for hydroxylation is 1. The van der Waals surface area contributed by atoms with Gasteiger partial charge in [-0.3, -0.25) is 10.1 Å². The van der Waals surface area contributed by atoms with Gasteiger partial charge in [-0.2, -0.15) is 0 Å². The molecule has 0 aliphatic rings. The second kappa shape index (κ2) is 5.29. The van der Waals surface area contributed by atoms with Crippen molar-refractivity contribution in [1.29, 1.82) is 0 Å². The van der Waals surface area contributed by atoms with Gasteiger partial charge in [-0.1, -0.05) is 5.16 Å². The van der Waals surface area contributed by atoms with Gasteiger partial charge in [0.05, 0.1) is 4.92 Å². The fraction of sp³-hybridized carbons (Fsp3) is 0.300. The zero-order valence-corrected chi connectivity index (χ0v) is 10.4. The van der Waals surface area contributed by atoms with Crippen molar-refractivity contribution in [3.63, 3.8) is 0 Å². The second-order valence-corrected chi connectivity index (χ2v) is 3.65. The first-order valence-corrected chi connectivity index (χ1v) is 5.55. The van der Waals surface area contributed by atoms with Crippen LogP contribution >= 0.6 is 0 Å². The smallest absolute Gasteiger partial charge is 0.353 e. The zero-order valence-electron chi connectivity index (χ0n) is 10.4. The maximum absolute atomic E-state index is 11.1. The van der Waals surface area contributed by atoms with Crippen molar-refractivity contribution in [3.05, 3.63) is 28.3 Å². The number of anilines is 3. The molecule has 9 nitrogen and oxygen atoms in total. The van der Waals surface area contributed by atoms with E-state index in [0.29, 0.717) is 18.1 Å². The van der Waals surface area contributed by atoms with Gasteiger partial charge in [-0.25, -0.2) is 9.97 Å².